The predicted octanol–water partition coefficient (Wildman–Crippen LogP) is 3.49. The molecule has 0 atom stereocenters. The topological polar surface area (TPSA) is 43.3 Å². The Hall–Kier alpha value is -3.01. The lowest BCUT2D eigenvalue weighted by Crippen LogP contribution is -2.20. The first kappa shape index (κ1) is 13.9. The lowest BCUT2D eigenvalue weighted by atomic mass is 10.2. The number of hydrogen-bond acceptors (Lipinski definition) is 2. The van der Waals surface area contributed by atoms with Crippen molar-refractivity contribution in [3.05, 3.63) is 79.1 Å². The standard InChI is InChI=1S/C18H16N2O2/c21-18(14-22-17-6-2-1-3-7-17)19-15-8-10-16(11-9-15)20-12-4-5-13-20/h1-13H,14H2,(H,19,21). The number of hydrogen-bond donors (Lipinski definition) is 1. The quantitative estimate of drug-likeness (QED) is 0.782. The van der Waals surface area contributed by atoms with Gasteiger partial charge in [-0.25, -0.2) is 0 Å². The first-order chi connectivity index (χ1) is 10.8. The Morgan fingerprint density at radius 3 is 2.27 bits per heavy atom. The summed E-state index contributed by atoms with van der Waals surface area (Å²) in [5.74, 6) is 0.498. The van der Waals surface area contributed by atoms with Gasteiger partial charge in [-0.2, -0.15) is 0 Å². The van der Waals surface area contributed by atoms with Crippen LogP contribution in [0.25, 0.3) is 5.69 Å². The maximum absolute atomic E-state index is 11.9. The molecule has 0 saturated heterocycles. The van der Waals surface area contributed by atoms with E-state index >= 15 is 0 Å². The first-order valence-corrected chi connectivity index (χ1v) is 7.02. The van der Waals surface area contributed by atoms with Crippen LogP contribution in [0.4, 0.5) is 5.69 Å². The van der Waals surface area contributed by atoms with E-state index in [2.05, 4.69) is 5.32 Å². The maximum atomic E-state index is 11.9. The first-order valence-electron chi connectivity index (χ1n) is 7.02. The van der Waals surface area contributed by atoms with Crippen LogP contribution in [0.1, 0.15) is 0 Å². The van der Waals surface area contributed by atoms with Gasteiger partial charge in [0, 0.05) is 23.8 Å². The van der Waals surface area contributed by atoms with Crippen LogP contribution in [-0.2, 0) is 4.79 Å². The smallest absolute Gasteiger partial charge is 0.262 e. The van der Waals surface area contributed by atoms with E-state index in [0.29, 0.717) is 5.75 Å². The van der Waals surface area contributed by atoms with Crippen LogP contribution < -0.4 is 10.1 Å². The second-order valence-corrected chi connectivity index (χ2v) is 4.79. The van der Waals surface area contributed by atoms with Gasteiger partial charge in [-0.15, -0.1) is 0 Å². The minimum absolute atomic E-state index is 0.0106. The van der Waals surface area contributed by atoms with E-state index in [9.17, 15) is 4.79 Å². The van der Waals surface area contributed by atoms with Crippen LogP contribution in [-0.4, -0.2) is 17.1 Å². The summed E-state index contributed by atoms with van der Waals surface area (Å²) in [6.07, 6.45) is 3.95. The van der Waals surface area contributed by atoms with Gasteiger partial charge in [-0.1, -0.05) is 18.2 Å². The number of para-hydroxylation sites is 1. The lowest BCUT2D eigenvalue weighted by molar-refractivity contribution is -0.118. The van der Waals surface area contributed by atoms with Crippen molar-refractivity contribution < 1.29 is 9.53 Å². The molecular weight excluding hydrogens is 276 g/mol. The summed E-state index contributed by atoms with van der Waals surface area (Å²) in [5, 5.41) is 2.81. The van der Waals surface area contributed by atoms with Crippen molar-refractivity contribution in [3.63, 3.8) is 0 Å². The van der Waals surface area contributed by atoms with E-state index in [4.69, 9.17) is 4.74 Å². The molecule has 1 aromatic heterocycles. The molecule has 3 rings (SSSR count). The van der Waals surface area contributed by atoms with E-state index in [1.807, 2.05) is 83.7 Å². The van der Waals surface area contributed by atoms with Crippen LogP contribution >= 0.6 is 0 Å². The number of carbonyl (C=O) groups excluding carboxylic acids is 1. The summed E-state index contributed by atoms with van der Waals surface area (Å²) in [6, 6.07) is 20.9. The number of nitrogens with zero attached hydrogens (tertiary/aromatic N) is 1. The largest absolute Gasteiger partial charge is 0.484 e. The molecule has 0 unspecified atom stereocenters. The van der Waals surface area contributed by atoms with E-state index in [1.165, 1.54) is 0 Å². The van der Waals surface area contributed by atoms with Crippen molar-refractivity contribution >= 4 is 11.6 Å². The van der Waals surface area contributed by atoms with E-state index in [1.54, 1.807) is 0 Å². The highest BCUT2D eigenvalue weighted by Crippen LogP contribution is 2.14. The summed E-state index contributed by atoms with van der Waals surface area (Å²) in [4.78, 5) is 11.9. The van der Waals surface area contributed by atoms with Crippen molar-refractivity contribution in [1.29, 1.82) is 0 Å². The summed E-state index contributed by atoms with van der Waals surface area (Å²) in [6.45, 7) is -0.0106. The zero-order valence-electron chi connectivity index (χ0n) is 12.0. The Kier molecular flexibility index (Phi) is 4.20. The molecule has 0 aliphatic heterocycles. The van der Waals surface area contributed by atoms with E-state index in [0.717, 1.165) is 11.4 Å². The monoisotopic (exact) mass is 292 g/mol. The Morgan fingerprint density at radius 1 is 0.909 bits per heavy atom. The molecule has 1 heterocycles. The van der Waals surface area contributed by atoms with Gasteiger partial charge in [-0.3, -0.25) is 4.79 Å². The van der Waals surface area contributed by atoms with Crippen molar-refractivity contribution in [3.8, 4) is 11.4 Å². The van der Waals surface area contributed by atoms with E-state index in [-0.39, 0.29) is 12.5 Å². The minimum atomic E-state index is -0.183. The summed E-state index contributed by atoms with van der Waals surface area (Å²) < 4.78 is 7.41. The van der Waals surface area contributed by atoms with E-state index < -0.39 is 0 Å². The van der Waals surface area contributed by atoms with Gasteiger partial charge in [0.15, 0.2) is 6.61 Å². The molecule has 0 aliphatic rings. The molecule has 4 nitrogen and oxygen atoms in total. The molecule has 1 amide bonds. The Labute approximate surface area is 129 Å². The molecule has 0 bridgehead atoms. The third-order valence-corrected chi connectivity index (χ3v) is 3.17. The number of benzene rings is 2. The normalized spacial score (nSPS) is 10.2. The maximum Gasteiger partial charge on any atom is 0.262 e. The molecule has 0 spiro atoms. The fourth-order valence-corrected chi connectivity index (χ4v) is 2.09. The van der Waals surface area contributed by atoms with Gasteiger partial charge in [0.25, 0.3) is 5.91 Å². The summed E-state index contributed by atoms with van der Waals surface area (Å²) in [5.41, 5.74) is 1.79. The van der Waals surface area contributed by atoms with Crippen LogP contribution in [0.2, 0.25) is 0 Å². The van der Waals surface area contributed by atoms with Crippen LogP contribution in [0.3, 0.4) is 0 Å². The highest BCUT2D eigenvalue weighted by Gasteiger charge is 2.04. The minimum Gasteiger partial charge on any atom is -0.484 e. The molecular formula is C18H16N2O2. The molecule has 22 heavy (non-hydrogen) atoms. The summed E-state index contributed by atoms with van der Waals surface area (Å²) >= 11 is 0. The summed E-state index contributed by atoms with van der Waals surface area (Å²) in [7, 11) is 0. The number of nitrogens with one attached hydrogen (secondary N) is 1. The molecule has 1 N–H and O–H groups in total. The van der Waals surface area contributed by atoms with Crippen LogP contribution in [0.5, 0.6) is 5.75 Å². The zero-order chi connectivity index (χ0) is 15.2. The fourth-order valence-electron chi connectivity index (χ4n) is 2.09. The zero-order valence-corrected chi connectivity index (χ0v) is 12.0. The second-order valence-electron chi connectivity index (χ2n) is 4.79. The number of amides is 1. The Bertz CT molecular complexity index is 720. The molecule has 0 aliphatic carbocycles. The molecule has 0 saturated carbocycles. The van der Waals surface area contributed by atoms with Gasteiger partial charge >= 0.3 is 0 Å². The second kappa shape index (κ2) is 6.63. The van der Waals surface area contributed by atoms with Crippen LogP contribution in [0, 0.1) is 0 Å². The molecule has 0 fully saturated rings. The van der Waals surface area contributed by atoms with Crippen molar-refractivity contribution in [1.82, 2.24) is 4.57 Å². The number of ether oxygens (including phenoxy) is 1. The lowest BCUT2D eigenvalue weighted by Gasteiger charge is -2.08. The van der Waals surface area contributed by atoms with Crippen molar-refractivity contribution in [2.24, 2.45) is 0 Å². The number of anilines is 1. The fraction of sp³-hybridized carbons (Fsp3) is 0.0556. The Morgan fingerprint density at radius 2 is 1.59 bits per heavy atom. The Balaban J connectivity index is 1.55. The van der Waals surface area contributed by atoms with Gasteiger partial charge in [-0.05, 0) is 48.5 Å². The van der Waals surface area contributed by atoms with Gasteiger partial charge in [0.2, 0.25) is 0 Å². The van der Waals surface area contributed by atoms with Gasteiger partial charge < -0.3 is 14.6 Å². The molecule has 0 radical (unpaired) electrons. The molecule has 110 valence electrons. The highest BCUT2D eigenvalue weighted by molar-refractivity contribution is 5.91. The molecule has 3 aromatic rings. The third-order valence-electron chi connectivity index (χ3n) is 3.17. The van der Waals surface area contributed by atoms with Gasteiger partial charge in [0.05, 0.1) is 0 Å². The van der Waals surface area contributed by atoms with Crippen LogP contribution in [0.15, 0.2) is 79.1 Å². The number of carbonyl (C=O) groups is 1. The van der Waals surface area contributed by atoms with Gasteiger partial charge in [0.1, 0.15) is 5.75 Å². The average Bonchev–Trinajstić information content (AvgIpc) is 3.09. The highest BCUT2D eigenvalue weighted by atomic mass is 16.5. The van der Waals surface area contributed by atoms with Crippen molar-refractivity contribution in [2.75, 3.05) is 11.9 Å². The predicted molar refractivity (Wildman–Crippen MR) is 86.3 cm³/mol. The molecule has 4 heteroatoms. The SMILES string of the molecule is O=C(COc1ccccc1)Nc1ccc(-n2cccc2)cc1. The average molecular weight is 292 g/mol. The number of aromatic nitrogens is 1. The number of rotatable bonds is 5. The molecule has 2 aromatic carbocycles. The van der Waals surface area contributed by atoms with Crippen molar-refractivity contribution in [2.45, 2.75) is 0 Å². The third kappa shape index (κ3) is 3.55.